The molecule has 0 aromatic carbocycles. The van der Waals surface area contributed by atoms with Crippen LogP contribution in [0, 0.1) is 0 Å². The summed E-state index contributed by atoms with van der Waals surface area (Å²) in [5.74, 6) is -0.525. The summed E-state index contributed by atoms with van der Waals surface area (Å²) in [6, 6.07) is 0. The minimum Gasteiger partial charge on any atom is -0.417 e. The monoisotopic (exact) mass is 562 g/mol. The number of carbonyl (C=O) groups excluding carboxylic acids is 1. The van der Waals surface area contributed by atoms with Crippen LogP contribution in [0.2, 0.25) is 0 Å². The third kappa shape index (κ3) is 16.4. The van der Waals surface area contributed by atoms with Gasteiger partial charge in [0.25, 0.3) is 0 Å². The van der Waals surface area contributed by atoms with Gasteiger partial charge in [-0.25, -0.2) is 0 Å². The summed E-state index contributed by atoms with van der Waals surface area (Å²) in [6.45, 7) is 3.15. The number of aliphatic hydroxyl groups excluding tert-OH is 1. The number of likely N-dealkylation sites (N-methyl/N-ethyl adjacent to an activating group) is 1. The molecule has 224 valence electrons. The van der Waals surface area contributed by atoms with E-state index in [1.165, 1.54) is 97.0 Å². The fraction of sp³-hybridized carbons (Fsp3) is 0.897. The molecular weight excluding hydrogens is 505 g/mol. The van der Waals surface area contributed by atoms with Crippen molar-refractivity contribution in [3.05, 3.63) is 11.1 Å². The van der Waals surface area contributed by atoms with Crippen LogP contribution in [0.1, 0.15) is 116 Å². The molecule has 2 unspecified atom stereocenters. The highest BCUT2D eigenvalue weighted by molar-refractivity contribution is 7.58. The molecule has 8 nitrogen and oxygen atoms in total. The number of ether oxygens (including phenoxy) is 2. The highest BCUT2D eigenvalue weighted by atomic mass is 31.2. The third-order valence-electron chi connectivity index (χ3n) is 6.74. The van der Waals surface area contributed by atoms with Crippen molar-refractivity contribution in [2.24, 2.45) is 0 Å². The lowest BCUT2D eigenvalue weighted by Crippen LogP contribution is -2.42. The van der Waals surface area contributed by atoms with E-state index in [0.717, 1.165) is 12.8 Å². The van der Waals surface area contributed by atoms with E-state index in [1.807, 2.05) is 21.1 Å². The Morgan fingerprint density at radius 2 is 1.34 bits per heavy atom. The van der Waals surface area contributed by atoms with Gasteiger partial charge in [0.05, 0.1) is 34.2 Å². The van der Waals surface area contributed by atoms with Crippen LogP contribution in [0.5, 0.6) is 0 Å². The first-order chi connectivity index (χ1) is 18.1. The molecule has 0 radical (unpaired) electrons. The lowest BCUT2D eigenvalue weighted by atomic mass is 10.0. The van der Waals surface area contributed by atoms with Gasteiger partial charge in [0.15, 0.2) is 0 Å². The average Bonchev–Trinajstić information content (AvgIpc) is 3.23. The van der Waals surface area contributed by atoms with Gasteiger partial charge >= 0.3 is 13.6 Å². The molecule has 9 heteroatoms. The van der Waals surface area contributed by atoms with Crippen molar-refractivity contribution < 1.29 is 37.5 Å². The summed E-state index contributed by atoms with van der Waals surface area (Å²) in [4.78, 5) is 11.9. The number of carbonyl (C=O) groups is 1. The number of nitrogens with zero attached hydrogens (tertiary/aromatic N) is 1. The molecule has 2 atom stereocenters. The second-order valence-electron chi connectivity index (χ2n) is 11.6. The van der Waals surface area contributed by atoms with Crippen molar-refractivity contribution in [3.63, 3.8) is 0 Å². The number of hydrogen-bond donors (Lipinski definition) is 1. The highest BCUT2D eigenvalue weighted by Crippen LogP contribution is 2.59. The van der Waals surface area contributed by atoms with E-state index in [4.69, 9.17) is 18.5 Å². The number of unbranched alkanes of at least 4 members (excludes halogenated alkanes) is 15. The number of esters is 1. The van der Waals surface area contributed by atoms with Gasteiger partial charge in [0.2, 0.25) is 11.8 Å². The quantitative estimate of drug-likeness (QED) is 0.0410. The minimum atomic E-state index is -3.98. The van der Waals surface area contributed by atoms with E-state index < -0.39 is 19.9 Å². The average molecular weight is 563 g/mol. The summed E-state index contributed by atoms with van der Waals surface area (Å²) in [6.07, 6.45) is 19.7. The summed E-state index contributed by atoms with van der Waals surface area (Å²) in [5, 5.41) is 10.2. The Balaban J connectivity index is 2.16. The Hall–Kier alpha value is -0.760. The number of aliphatic hydroxyl groups is 1. The largest absolute Gasteiger partial charge is 0.417 e. The van der Waals surface area contributed by atoms with Crippen LogP contribution in [-0.2, 0) is 27.9 Å². The normalized spacial score (nSPS) is 16.6. The van der Waals surface area contributed by atoms with Gasteiger partial charge in [-0.15, -0.1) is 0 Å². The predicted octanol–water partition coefficient (Wildman–Crippen LogP) is 7.30. The van der Waals surface area contributed by atoms with E-state index in [-0.39, 0.29) is 25.1 Å². The van der Waals surface area contributed by atoms with E-state index in [2.05, 4.69) is 6.92 Å². The summed E-state index contributed by atoms with van der Waals surface area (Å²) < 4.78 is 35.0. The zero-order valence-electron chi connectivity index (χ0n) is 25.0. The van der Waals surface area contributed by atoms with Crippen molar-refractivity contribution in [2.45, 2.75) is 122 Å². The number of cyclic esters (lactones) is 1. The number of rotatable bonds is 25. The second kappa shape index (κ2) is 20.2. The van der Waals surface area contributed by atoms with E-state index in [1.54, 1.807) is 0 Å². The van der Waals surface area contributed by atoms with Gasteiger partial charge in [0, 0.05) is 19.3 Å². The van der Waals surface area contributed by atoms with Crippen LogP contribution >= 0.6 is 7.60 Å². The fourth-order valence-corrected chi connectivity index (χ4v) is 6.09. The van der Waals surface area contributed by atoms with Crippen LogP contribution in [0.4, 0.5) is 0 Å². The maximum absolute atomic E-state index is 13.2. The molecule has 0 aliphatic carbocycles. The zero-order chi connectivity index (χ0) is 28.3. The van der Waals surface area contributed by atoms with E-state index in [9.17, 15) is 14.5 Å². The Labute approximate surface area is 232 Å². The van der Waals surface area contributed by atoms with E-state index in [0.29, 0.717) is 16.7 Å². The molecule has 1 aliphatic rings. The smallest absolute Gasteiger partial charge is 0.398 e. The minimum absolute atomic E-state index is 0.0174. The SMILES string of the molecule is CCCCCCCCCCCCCCCCCCOCC1=C(P(=O)(OC)OC(O)C[N+](C)(C)C)OC(=O)C1. The molecule has 1 N–H and O–H groups in total. The van der Waals surface area contributed by atoms with Crippen molar-refractivity contribution in [1.29, 1.82) is 0 Å². The van der Waals surface area contributed by atoms with Gasteiger partial charge in [-0.2, -0.15) is 0 Å². The first-order valence-electron chi connectivity index (χ1n) is 14.9. The molecule has 0 aromatic heterocycles. The second-order valence-corrected chi connectivity index (χ2v) is 13.6. The summed E-state index contributed by atoms with van der Waals surface area (Å²) in [5.41, 5.74) is 0.312. The van der Waals surface area contributed by atoms with E-state index >= 15 is 0 Å². The molecule has 0 aromatic rings. The van der Waals surface area contributed by atoms with Crippen molar-refractivity contribution >= 4 is 13.6 Å². The standard InChI is InChI=1S/C29H57NO7P/c1-6-7-8-9-10-11-12-13-14-15-16-17-18-19-20-21-22-35-25-26-23-27(31)36-29(26)38(33,34-5)37-28(32)24-30(2,3)4/h28,32H,6-25H2,1-5H3/q+1. The molecule has 1 rings (SSSR count). The Bertz CT molecular complexity index is 720. The molecule has 0 saturated carbocycles. The van der Waals surface area contributed by atoms with Crippen LogP contribution in [0.3, 0.4) is 0 Å². The molecule has 1 heterocycles. The molecule has 0 spiro atoms. The van der Waals surface area contributed by atoms with Crippen LogP contribution in [0.25, 0.3) is 0 Å². The maximum Gasteiger partial charge on any atom is 0.398 e. The van der Waals surface area contributed by atoms with Crippen LogP contribution < -0.4 is 0 Å². The topological polar surface area (TPSA) is 91.3 Å². The fourth-order valence-electron chi connectivity index (χ4n) is 4.61. The molecule has 0 bridgehead atoms. The number of quaternary nitrogens is 1. The first-order valence-corrected chi connectivity index (χ1v) is 16.5. The molecule has 1 aliphatic heterocycles. The highest BCUT2D eigenvalue weighted by Gasteiger charge is 2.42. The van der Waals surface area contributed by atoms with Gasteiger partial charge in [-0.1, -0.05) is 103 Å². The summed E-state index contributed by atoms with van der Waals surface area (Å²) >= 11 is 0. The van der Waals surface area contributed by atoms with Gasteiger partial charge in [-0.3, -0.25) is 13.9 Å². The maximum atomic E-state index is 13.2. The van der Waals surface area contributed by atoms with Gasteiger partial charge in [0.1, 0.15) is 6.54 Å². The third-order valence-corrected chi connectivity index (χ3v) is 8.65. The Kier molecular flexibility index (Phi) is 18.7. The van der Waals surface area contributed by atoms with Crippen LogP contribution in [-0.4, -0.2) is 69.9 Å². The van der Waals surface area contributed by atoms with Crippen molar-refractivity contribution in [2.75, 3.05) is 48.0 Å². The number of hydrogen-bond acceptors (Lipinski definition) is 7. The Morgan fingerprint density at radius 3 is 1.79 bits per heavy atom. The molecule has 0 fully saturated rings. The molecule has 38 heavy (non-hydrogen) atoms. The molecule has 0 amide bonds. The van der Waals surface area contributed by atoms with Crippen LogP contribution in [0.15, 0.2) is 11.1 Å². The van der Waals surface area contributed by atoms with Crippen molar-refractivity contribution in [1.82, 2.24) is 0 Å². The molecule has 0 saturated heterocycles. The lowest BCUT2D eigenvalue weighted by molar-refractivity contribution is -0.876. The van der Waals surface area contributed by atoms with Gasteiger partial charge in [-0.05, 0) is 6.42 Å². The van der Waals surface area contributed by atoms with Crippen molar-refractivity contribution in [3.8, 4) is 0 Å². The zero-order valence-corrected chi connectivity index (χ0v) is 25.9. The predicted molar refractivity (Wildman–Crippen MR) is 153 cm³/mol. The lowest BCUT2D eigenvalue weighted by Gasteiger charge is -2.28. The first kappa shape index (κ1) is 35.3. The Morgan fingerprint density at radius 1 is 0.868 bits per heavy atom. The molecular formula is C29H57NO7P+. The summed E-state index contributed by atoms with van der Waals surface area (Å²) in [7, 11) is 2.85. The van der Waals surface area contributed by atoms with Gasteiger partial charge < -0.3 is 23.6 Å².